The Balaban J connectivity index is 1.88. The Bertz CT molecular complexity index is 854. The van der Waals surface area contributed by atoms with Gasteiger partial charge in [0.2, 0.25) is 15.9 Å². The summed E-state index contributed by atoms with van der Waals surface area (Å²) in [5.74, 6) is 0.342. The minimum absolute atomic E-state index is 0.240. The van der Waals surface area contributed by atoms with Crippen molar-refractivity contribution < 1.29 is 13.2 Å². The van der Waals surface area contributed by atoms with Crippen molar-refractivity contribution >= 4 is 45.0 Å². The minimum atomic E-state index is -3.56. The van der Waals surface area contributed by atoms with Gasteiger partial charge in [-0.05, 0) is 48.4 Å². The molecular weight excluding hydrogens is 404 g/mol. The van der Waals surface area contributed by atoms with Crippen LogP contribution in [-0.4, -0.2) is 39.4 Å². The fraction of sp³-hybridized carbons (Fsp3) is 0.316. The van der Waals surface area contributed by atoms with Crippen LogP contribution in [0.4, 0.5) is 5.69 Å². The molecule has 2 aromatic carbocycles. The highest BCUT2D eigenvalue weighted by Crippen LogP contribution is 2.20. The zero-order chi connectivity index (χ0) is 19.9. The predicted octanol–water partition coefficient (Wildman–Crippen LogP) is 3.58. The second kappa shape index (κ2) is 10.0. The standard InChI is InChI=1S/C19H23ClN2O3S2/c1-3-15-4-8-17(9-5-15)22(27(2,24)25)14-19(23)21-12-13-26-18-10-6-16(20)7-11-18/h4-11H,3,12-14H2,1-2H3,(H,21,23). The highest BCUT2D eigenvalue weighted by Gasteiger charge is 2.20. The fourth-order valence-electron chi connectivity index (χ4n) is 2.37. The smallest absolute Gasteiger partial charge is 0.240 e. The summed E-state index contributed by atoms with van der Waals surface area (Å²) >= 11 is 7.44. The lowest BCUT2D eigenvalue weighted by molar-refractivity contribution is -0.119. The third-order valence-electron chi connectivity index (χ3n) is 3.83. The average molecular weight is 427 g/mol. The molecule has 0 bridgehead atoms. The highest BCUT2D eigenvalue weighted by atomic mass is 35.5. The van der Waals surface area contributed by atoms with Crippen molar-refractivity contribution in [3.05, 3.63) is 59.1 Å². The number of benzene rings is 2. The molecule has 2 aromatic rings. The Hall–Kier alpha value is -1.70. The van der Waals surface area contributed by atoms with E-state index in [0.717, 1.165) is 27.4 Å². The number of rotatable bonds is 9. The molecule has 0 saturated carbocycles. The summed E-state index contributed by atoms with van der Waals surface area (Å²) in [6, 6.07) is 14.7. The highest BCUT2D eigenvalue weighted by molar-refractivity contribution is 7.99. The van der Waals surface area contributed by atoms with E-state index in [2.05, 4.69) is 5.32 Å². The Morgan fingerprint density at radius 2 is 1.74 bits per heavy atom. The summed E-state index contributed by atoms with van der Waals surface area (Å²) in [5, 5.41) is 3.45. The molecule has 1 amide bonds. The average Bonchev–Trinajstić information content (AvgIpc) is 2.64. The summed E-state index contributed by atoms with van der Waals surface area (Å²) < 4.78 is 25.3. The predicted molar refractivity (Wildman–Crippen MR) is 113 cm³/mol. The molecule has 0 radical (unpaired) electrons. The van der Waals surface area contributed by atoms with Gasteiger partial charge in [-0.1, -0.05) is 30.7 Å². The topological polar surface area (TPSA) is 66.5 Å². The van der Waals surface area contributed by atoms with Gasteiger partial charge in [-0.3, -0.25) is 9.10 Å². The molecule has 8 heteroatoms. The van der Waals surface area contributed by atoms with E-state index in [-0.39, 0.29) is 12.5 Å². The summed E-state index contributed by atoms with van der Waals surface area (Å²) in [6.07, 6.45) is 1.97. The van der Waals surface area contributed by atoms with Crippen LogP contribution in [0.3, 0.4) is 0 Å². The van der Waals surface area contributed by atoms with Gasteiger partial charge in [-0.15, -0.1) is 11.8 Å². The van der Waals surface area contributed by atoms with Crippen LogP contribution >= 0.6 is 23.4 Å². The Labute approximate surface area is 170 Å². The van der Waals surface area contributed by atoms with Crippen molar-refractivity contribution in [2.24, 2.45) is 0 Å². The maximum absolute atomic E-state index is 12.2. The molecule has 2 rings (SSSR count). The van der Waals surface area contributed by atoms with Gasteiger partial charge in [0.15, 0.2) is 0 Å². The van der Waals surface area contributed by atoms with Crippen LogP contribution in [0.25, 0.3) is 0 Å². The molecule has 0 aliphatic rings. The van der Waals surface area contributed by atoms with Crippen molar-refractivity contribution in [3.63, 3.8) is 0 Å². The molecule has 0 aliphatic heterocycles. The second-order valence-electron chi connectivity index (χ2n) is 5.94. The normalized spacial score (nSPS) is 11.2. The molecule has 0 heterocycles. The van der Waals surface area contributed by atoms with Crippen LogP contribution in [-0.2, 0) is 21.2 Å². The lowest BCUT2D eigenvalue weighted by Crippen LogP contribution is -2.41. The molecule has 0 unspecified atom stereocenters. The second-order valence-corrected chi connectivity index (χ2v) is 9.45. The van der Waals surface area contributed by atoms with Gasteiger partial charge in [0.05, 0.1) is 11.9 Å². The summed E-state index contributed by atoms with van der Waals surface area (Å²) in [4.78, 5) is 13.3. The first-order chi connectivity index (χ1) is 12.8. The number of hydrogen-bond acceptors (Lipinski definition) is 4. The van der Waals surface area contributed by atoms with E-state index >= 15 is 0 Å². The van der Waals surface area contributed by atoms with E-state index < -0.39 is 10.0 Å². The minimum Gasteiger partial charge on any atom is -0.354 e. The number of nitrogens with one attached hydrogen (secondary N) is 1. The van der Waals surface area contributed by atoms with E-state index in [0.29, 0.717) is 23.0 Å². The number of aryl methyl sites for hydroxylation is 1. The Morgan fingerprint density at radius 1 is 1.11 bits per heavy atom. The van der Waals surface area contributed by atoms with Gasteiger partial charge in [0, 0.05) is 22.2 Å². The largest absolute Gasteiger partial charge is 0.354 e. The maximum atomic E-state index is 12.2. The number of nitrogens with zero attached hydrogens (tertiary/aromatic N) is 1. The number of carbonyl (C=O) groups excluding carboxylic acids is 1. The number of sulfonamides is 1. The zero-order valence-corrected chi connectivity index (χ0v) is 17.7. The SMILES string of the molecule is CCc1ccc(N(CC(=O)NCCSc2ccc(Cl)cc2)S(C)(=O)=O)cc1. The first kappa shape index (κ1) is 21.6. The molecule has 0 aliphatic carbocycles. The van der Waals surface area contributed by atoms with Crippen molar-refractivity contribution in [3.8, 4) is 0 Å². The summed E-state index contributed by atoms with van der Waals surface area (Å²) in [6.45, 7) is 2.23. The fourth-order valence-corrected chi connectivity index (χ4v) is 4.13. The Morgan fingerprint density at radius 3 is 2.30 bits per heavy atom. The number of anilines is 1. The van der Waals surface area contributed by atoms with Gasteiger partial charge in [-0.25, -0.2) is 8.42 Å². The lowest BCUT2D eigenvalue weighted by Gasteiger charge is -2.22. The van der Waals surface area contributed by atoms with E-state index in [1.165, 1.54) is 0 Å². The third-order valence-corrected chi connectivity index (χ3v) is 6.23. The van der Waals surface area contributed by atoms with Gasteiger partial charge < -0.3 is 5.32 Å². The number of amides is 1. The Kier molecular flexibility index (Phi) is 8.01. The molecule has 0 atom stereocenters. The van der Waals surface area contributed by atoms with Gasteiger partial charge in [-0.2, -0.15) is 0 Å². The first-order valence-electron chi connectivity index (χ1n) is 8.51. The van der Waals surface area contributed by atoms with Crippen LogP contribution in [0.15, 0.2) is 53.4 Å². The van der Waals surface area contributed by atoms with Crippen LogP contribution in [0.1, 0.15) is 12.5 Å². The van der Waals surface area contributed by atoms with Crippen molar-refractivity contribution in [2.75, 3.05) is 29.4 Å². The zero-order valence-electron chi connectivity index (χ0n) is 15.3. The van der Waals surface area contributed by atoms with E-state index in [4.69, 9.17) is 11.6 Å². The van der Waals surface area contributed by atoms with E-state index in [9.17, 15) is 13.2 Å². The third kappa shape index (κ3) is 7.08. The summed E-state index contributed by atoms with van der Waals surface area (Å²) in [5.41, 5.74) is 1.59. The van der Waals surface area contributed by atoms with Crippen molar-refractivity contribution in [2.45, 2.75) is 18.2 Å². The number of halogens is 1. The van der Waals surface area contributed by atoms with Gasteiger partial charge >= 0.3 is 0 Å². The number of thioether (sulfide) groups is 1. The van der Waals surface area contributed by atoms with Crippen LogP contribution in [0.2, 0.25) is 5.02 Å². The quantitative estimate of drug-likeness (QED) is 0.491. The van der Waals surface area contributed by atoms with Crippen LogP contribution in [0.5, 0.6) is 0 Å². The molecule has 5 nitrogen and oxygen atoms in total. The number of hydrogen-bond donors (Lipinski definition) is 1. The van der Waals surface area contributed by atoms with Crippen LogP contribution in [0, 0.1) is 0 Å². The molecule has 0 spiro atoms. The molecule has 146 valence electrons. The van der Waals surface area contributed by atoms with Crippen molar-refractivity contribution in [1.29, 1.82) is 0 Å². The molecule has 0 fully saturated rings. The lowest BCUT2D eigenvalue weighted by atomic mass is 10.1. The summed E-state index contributed by atoms with van der Waals surface area (Å²) in [7, 11) is -3.56. The first-order valence-corrected chi connectivity index (χ1v) is 11.7. The number of carbonyl (C=O) groups is 1. The molecular formula is C19H23ClN2O3S2. The van der Waals surface area contributed by atoms with E-state index in [1.54, 1.807) is 23.9 Å². The van der Waals surface area contributed by atoms with Crippen molar-refractivity contribution in [1.82, 2.24) is 5.32 Å². The monoisotopic (exact) mass is 426 g/mol. The molecule has 27 heavy (non-hydrogen) atoms. The molecule has 0 saturated heterocycles. The van der Waals surface area contributed by atoms with Gasteiger partial charge in [0.1, 0.15) is 6.54 Å². The molecule has 0 aromatic heterocycles. The van der Waals surface area contributed by atoms with Gasteiger partial charge in [0.25, 0.3) is 0 Å². The van der Waals surface area contributed by atoms with Crippen LogP contribution < -0.4 is 9.62 Å². The molecule has 1 N–H and O–H groups in total. The van der Waals surface area contributed by atoms with E-state index in [1.807, 2.05) is 43.3 Å². The maximum Gasteiger partial charge on any atom is 0.240 e.